The van der Waals surface area contributed by atoms with E-state index in [2.05, 4.69) is 16.0 Å². The number of hydrogen-bond donors (Lipinski definition) is 1. The van der Waals surface area contributed by atoms with Crippen molar-refractivity contribution < 1.29 is 9.53 Å². The van der Waals surface area contributed by atoms with E-state index in [0.29, 0.717) is 26.5 Å². The number of halogens is 2. The lowest BCUT2D eigenvalue weighted by atomic mass is 9.92. The third-order valence-electron chi connectivity index (χ3n) is 4.05. The van der Waals surface area contributed by atoms with Gasteiger partial charge in [-0.1, -0.05) is 29.3 Å². The Balaban J connectivity index is 2.14. The van der Waals surface area contributed by atoms with Crippen molar-refractivity contribution >= 4 is 40.1 Å². The van der Waals surface area contributed by atoms with Crippen LogP contribution in [-0.2, 0) is 11.2 Å². The molecule has 1 aromatic carbocycles. The summed E-state index contributed by atoms with van der Waals surface area (Å²) >= 11 is 12.5. The van der Waals surface area contributed by atoms with Crippen LogP contribution in [0.15, 0.2) is 36.7 Å². The Morgan fingerprint density at radius 1 is 1.42 bits per heavy atom. The minimum absolute atomic E-state index is 0.242. The molecule has 0 bridgehead atoms. The maximum absolute atomic E-state index is 12.4. The van der Waals surface area contributed by atoms with Crippen LogP contribution in [0.1, 0.15) is 34.5 Å². The number of nitriles is 1. The van der Waals surface area contributed by atoms with Gasteiger partial charge in [-0.05, 0) is 42.7 Å². The summed E-state index contributed by atoms with van der Waals surface area (Å²) in [6.45, 7) is 1.98. The molecule has 0 aliphatic heterocycles. The number of hydrogen-bond acceptors (Lipinski definition) is 4. The molecule has 2 aromatic heterocycles. The Kier molecular flexibility index (Phi) is 5.46. The largest absolute Gasteiger partial charge is 0.461 e. The van der Waals surface area contributed by atoms with Crippen molar-refractivity contribution in [3.05, 3.63) is 63.5 Å². The lowest BCUT2D eigenvalue weighted by molar-refractivity contribution is 0.0519. The average molecular weight is 388 g/mol. The number of carbonyl (C=O) groups is 1. The topological polar surface area (TPSA) is 78.8 Å². The van der Waals surface area contributed by atoms with E-state index in [-0.39, 0.29) is 18.7 Å². The van der Waals surface area contributed by atoms with Crippen LogP contribution in [0.4, 0.5) is 0 Å². The van der Waals surface area contributed by atoms with Crippen LogP contribution >= 0.6 is 23.2 Å². The van der Waals surface area contributed by atoms with E-state index < -0.39 is 11.9 Å². The molecule has 5 nitrogen and oxygen atoms in total. The number of rotatable bonds is 5. The lowest BCUT2D eigenvalue weighted by Gasteiger charge is -2.11. The predicted octanol–water partition coefficient (Wildman–Crippen LogP) is 4.90. The Morgan fingerprint density at radius 2 is 2.23 bits per heavy atom. The summed E-state index contributed by atoms with van der Waals surface area (Å²) in [4.78, 5) is 19.5. The summed E-state index contributed by atoms with van der Waals surface area (Å²) < 4.78 is 5.15. The van der Waals surface area contributed by atoms with Crippen molar-refractivity contribution in [1.29, 1.82) is 5.26 Å². The number of nitrogens with one attached hydrogen (secondary N) is 1. The van der Waals surface area contributed by atoms with Gasteiger partial charge in [-0.15, -0.1) is 0 Å². The second-order valence-corrected chi connectivity index (χ2v) is 6.52. The molecule has 0 saturated heterocycles. The van der Waals surface area contributed by atoms with Gasteiger partial charge in [0, 0.05) is 28.3 Å². The summed E-state index contributed by atoms with van der Waals surface area (Å²) in [5.41, 5.74) is 2.32. The van der Waals surface area contributed by atoms with E-state index in [4.69, 9.17) is 27.9 Å². The number of aromatic amines is 1. The van der Waals surface area contributed by atoms with E-state index in [1.165, 1.54) is 0 Å². The number of nitrogens with zero attached hydrogens (tertiary/aromatic N) is 2. The van der Waals surface area contributed by atoms with Gasteiger partial charge < -0.3 is 9.72 Å². The first kappa shape index (κ1) is 18.2. The summed E-state index contributed by atoms with van der Waals surface area (Å²) in [6, 6.07) is 9.19. The Hall–Kier alpha value is -2.55. The van der Waals surface area contributed by atoms with Crippen LogP contribution in [0.25, 0.3) is 10.9 Å². The predicted molar refractivity (Wildman–Crippen MR) is 101 cm³/mol. The number of H-pyrrole nitrogens is 1. The standard InChI is InChI=1S/C19H15Cl2N3O2/c1-2-26-19(25)18-14(6-12(9-22)11-4-3-5-23-10-11)17-15(21)7-13(20)8-16(17)24-18/h3-5,7-8,10,12,24H,2,6H2,1H3. The Morgan fingerprint density at radius 3 is 2.88 bits per heavy atom. The van der Waals surface area contributed by atoms with E-state index in [1.807, 2.05) is 6.07 Å². The molecule has 0 aliphatic carbocycles. The molecular weight excluding hydrogens is 373 g/mol. The van der Waals surface area contributed by atoms with Gasteiger partial charge in [0.1, 0.15) is 5.69 Å². The molecule has 26 heavy (non-hydrogen) atoms. The van der Waals surface area contributed by atoms with Crippen molar-refractivity contribution in [2.75, 3.05) is 6.61 Å². The fourth-order valence-corrected chi connectivity index (χ4v) is 3.53. The highest BCUT2D eigenvalue weighted by Crippen LogP contribution is 2.35. The zero-order chi connectivity index (χ0) is 18.7. The maximum atomic E-state index is 12.4. The zero-order valence-electron chi connectivity index (χ0n) is 13.9. The zero-order valence-corrected chi connectivity index (χ0v) is 15.4. The lowest BCUT2D eigenvalue weighted by Crippen LogP contribution is -2.10. The van der Waals surface area contributed by atoms with Crippen molar-refractivity contribution in [2.45, 2.75) is 19.3 Å². The van der Waals surface area contributed by atoms with Gasteiger partial charge in [0.05, 0.1) is 23.6 Å². The van der Waals surface area contributed by atoms with Gasteiger partial charge in [0.25, 0.3) is 0 Å². The molecule has 3 aromatic rings. The number of benzene rings is 1. The minimum Gasteiger partial charge on any atom is -0.461 e. The molecule has 1 atom stereocenters. The highest BCUT2D eigenvalue weighted by Gasteiger charge is 2.24. The van der Waals surface area contributed by atoms with E-state index in [1.54, 1.807) is 37.5 Å². The van der Waals surface area contributed by atoms with Crippen LogP contribution in [-0.4, -0.2) is 22.5 Å². The number of esters is 1. The van der Waals surface area contributed by atoms with E-state index in [0.717, 1.165) is 5.56 Å². The highest BCUT2D eigenvalue weighted by atomic mass is 35.5. The molecule has 2 heterocycles. The molecule has 7 heteroatoms. The summed E-state index contributed by atoms with van der Waals surface area (Å²) in [7, 11) is 0. The molecular formula is C19H15Cl2N3O2. The van der Waals surface area contributed by atoms with Crippen LogP contribution in [0.5, 0.6) is 0 Å². The number of aromatic nitrogens is 2. The SMILES string of the molecule is CCOC(=O)c1[nH]c2cc(Cl)cc(Cl)c2c1CC(C#N)c1cccnc1. The van der Waals surface area contributed by atoms with Crippen molar-refractivity contribution in [3.63, 3.8) is 0 Å². The van der Waals surface area contributed by atoms with Crippen LogP contribution in [0, 0.1) is 11.3 Å². The third kappa shape index (κ3) is 3.52. The first-order valence-electron chi connectivity index (χ1n) is 8.01. The Labute approximate surface area is 160 Å². The molecule has 3 rings (SSSR count). The number of ether oxygens (including phenoxy) is 1. The molecule has 0 radical (unpaired) electrons. The minimum atomic E-state index is -0.492. The number of carbonyl (C=O) groups excluding carboxylic acids is 1. The molecule has 1 unspecified atom stereocenters. The first-order chi connectivity index (χ1) is 12.5. The van der Waals surface area contributed by atoms with Crippen molar-refractivity contribution in [1.82, 2.24) is 9.97 Å². The molecule has 0 fully saturated rings. The molecule has 0 saturated carbocycles. The van der Waals surface area contributed by atoms with E-state index in [9.17, 15) is 10.1 Å². The monoisotopic (exact) mass is 387 g/mol. The molecule has 0 aliphatic rings. The fraction of sp³-hybridized carbons (Fsp3) is 0.211. The van der Waals surface area contributed by atoms with Crippen LogP contribution < -0.4 is 0 Å². The fourth-order valence-electron chi connectivity index (χ4n) is 2.92. The maximum Gasteiger partial charge on any atom is 0.355 e. The van der Waals surface area contributed by atoms with Gasteiger partial charge in [-0.3, -0.25) is 4.98 Å². The van der Waals surface area contributed by atoms with Crippen LogP contribution in [0.2, 0.25) is 10.0 Å². The summed E-state index contributed by atoms with van der Waals surface area (Å²) in [5, 5.41) is 11.2. The number of fused-ring (bicyclic) bond motifs is 1. The normalized spacial score (nSPS) is 11.9. The average Bonchev–Trinajstić information content (AvgIpc) is 2.99. The van der Waals surface area contributed by atoms with Gasteiger partial charge in [-0.25, -0.2) is 4.79 Å². The van der Waals surface area contributed by atoms with Crippen LogP contribution in [0.3, 0.4) is 0 Å². The van der Waals surface area contributed by atoms with Gasteiger partial charge in [0.15, 0.2) is 0 Å². The van der Waals surface area contributed by atoms with Gasteiger partial charge in [0.2, 0.25) is 0 Å². The number of pyridine rings is 1. The quantitative estimate of drug-likeness (QED) is 0.631. The molecule has 132 valence electrons. The summed E-state index contributed by atoms with van der Waals surface area (Å²) in [6.07, 6.45) is 3.58. The van der Waals surface area contributed by atoms with E-state index >= 15 is 0 Å². The van der Waals surface area contributed by atoms with Crippen molar-refractivity contribution in [3.8, 4) is 6.07 Å². The summed E-state index contributed by atoms with van der Waals surface area (Å²) in [5.74, 6) is -0.976. The first-order valence-corrected chi connectivity index (χ1v) is 8.77. The second-order valence-electron chi connectivity index (χ2n) is 5.68. The van der Waals surface area contributed by atoms with Gasteiger partial charge in [-0.2, -0.15) is 5.26 Å². The second kappa shape index (κ2) is 7.77. The van der Waals surface area contributed by atoms with Crippen molar-refractivity contribution in [2.24, 2.45) is 0 Å². The Bertz CT molecular complexity index is 993. The highest BCUT2D eigenvalue weighted by molar-refractivity contribution is 6.39. The molecule has 0 spiro atoms. The smallest absolute Gasteiger partial charge is 0.355 e. The molecule has 1 N–H and O–H groups in total. The molecule has 0 amide bonds. The van der Waals surface area contributed by atoms with Gasteiger partial charge >= 0.3 is 5.97 Å². The third-order valence-corrected chi connectivity index (χ3v) is 4.56.